The van der Waals surface area contributed by atoms with E-state index in [2.05, 4.69) is 4.74 Å². The van der Waals surface area contributed by atoms with Gasteiger partial charge in [-0.2, -0.15) is 0 Å². The maximum Gasteiger partial charge on any atom is 0.305 e. The molecule has 0 amide bonds. The number of carbonyl (C=O) groups excluding carboxylic acids is 1. The Labute approximate surface area is 73.0 Å². The molecule has 0 bridgehead atoms. The van der Waals surface area contributed by atoms with Gasteiger partial charge >= 0.3 is 5.97 Å². The molecule has 0 N–H and O–H groups in total. The van der Waals surface area contributed by atoms with E-state index in [0.717, 1.165) is 25.9 Å². The molecule has 0 radical (unpaired) electrons. The third kappa shape index (κ3) is 3.22. The van der Waals surface area contributed by atoms with Gasteiger partial charge in [-0.05, 0) is 25.7 Å². The smallest absolute Gasteiger partial charge is 0.305 e. The zero-order valence-electron chi connectivity index (χ0n) is 7.54. The Kier molecular flexibility index (Phi) is 4.08. The first-order valence-corrected chi connectivity index (χ1v) is 4.51. The fourth-order valence-corrected chi connectivity index (χ4v) is 1.45. The fourth-order valence-electron chi connectivity index (χ4n) is 1.45. The Morgan fingerprint density at radius 2 is 2.50 bits per heavy atom. The maximum atomic E-state index is 10.7. The van der Waals surface area contributed by atoms with E-state index in [1.165, 1.54) is 13.5 Å². The number of ether oxygens (including phenoxy) is 2. The number of carbonyl (C=O) groups is 1. The Balaban J connectivity index is 1.97. The maximum absolute atomic E-state index is 10.7. The van der Waals surface area contributed by atoms with Gasteiger partial charge in [-0.1, -0.05) is 0 Å². The highest BCUT2D eigenvalue weighted by atomic mass is 16.5. The van der Waals surface area contributed by atoms with Crippen LogP contribution in [0.25, 0.3) is 0 Å². The van der Waals surface area contributed by atoms with Crippen molar-refractivity contribution in [1.29, 1.82) is 0 Å². The molecule has 0 aliphatic carbocycles. The number of esters is 1. The van der Waals surface area contributed by atoms with Crippen LogP contribution in [0.4, 0.5) is 0 Å². The molecule has 3 heteroatoms. The summed E-state index contributed by atoms with van der Waals surface area (Å²) in [5, 5.41) is 0. The van der Waals surface area contributed by atoms with E-state index < -0.39 is 0 Å². The Bertz CT molecular complexity index is 139. The van der Waals surface area contributed by atoms with Crippen molar-refractivity contribution in [2.24, 2.45) is 0 Å². The molecule has 1 heterocycles. The van der Waals surface area contributed by atoms with Gasteiger partial charge in [-0.3, -0.25) is 4.79 Å². The molecule has 0 spiro atoms. The second kappa shape index (κ2) is 5.14. The van der Waals surface area contributed by atoms with Crippen molar-refractivity contribution in [2.45, 2.75) is 38.2 Å². The molecule has 1 atom stereocenters. The minimum Gasteiger partial charge on any atom is -0.469 e. The zero-order chi connectivity index (χ0) is 8.81. The van der Waals surface area contributed by atoms with Crippen molar-refractivity contribution in [2.75, 3.05) is 13.7 Å². The first-order chi connectivity index (χ1) is 5.83. The molecule has 3 nitrogen and oxygen atoms in total. The number of rotatable bonds is 4. The van der Waals surface area contributed by atoms with Gasteiger partial charge < -0.3 is 9.47 Å². The average Bonchev–Trinajstić information content (AvgIpc) is 2.57. The minimum atomic E-state index is -0.118. The Hall–Kier alpha value is -0.570. The zero-order valence-corrected chi connectivity index (χ0v) is 7.54. The number of hydrogen-bond donors (Lipinski definition) is 0. The standard InChI is InChI=1S/C9H16O3/c1-11-9(10)6-2-4-8-5-3-7-12-8/h8H,2-7H2,1H3. The summed E-state index contributed by atoms with van der Waals surface area (Å²) in [7, 11) is 1.43. The molecular weight excluding hydrogens is 156 g/mol. The monoisotopic (exact) mass is 172 g/mol. The van der Waals surface area contributed by atoms with Crippen LogP contribution in [-0.2, 0) is 14.3 Å². The van der Waals surface area contributed by atoms with Crippen LogP contribution in [0.1, 0.15) is 32.1 Å². The summed E-state index contributed by atoms with van der Waals surface area (Å²) < 4.78 is 9.95. The second-order valence-corrected chi connectivity index (χ2v) is 3.10. The molecule has 0 saturated carbocycles. The van der Waals surface area contributed by atoms with E-state index in [1.54, 1.807) is 0 Å². The fraction of sp³-hybridized carbons (Fsp3) is 0.889. The Morgan fingerprint density at radius 3 is 3.08 bits per heavy atom. The van der Waals surface area contributed by atoms with Crippen LogP contribution in [0.3, 0.4) is 0 Å². The molecule has 1 aliphatic heterocycles. The summed E-state index contributed by atoms with van der Waals surface area (Å²) in [4.78, 5) is 10.7. The molecule has 12 heavy (non-hydrogen) atoms. The molecule has 1 unspecified atom stereocenters. The second-order valence-electron chi connectivity index (χ2n) is 3.10. The lowest BCUT2D eigenvalue weighted by atomic mass is 10.1. The molecule has 1 fully saturated rings. The van der Waals surface area contributed by atoms with Gasteiger partial charge in [0.25, 0.3) is 0 Å². The van der Waals surface area contributed by atoms with Crippen molar-refractivity contribution in [3.63, 3.8) is 0 Å². The highest BCUT2D eigenvalue weighted by molar-refractivity contribution is 5.68. The van der Waals surface area contributed by atoms with E-state index in [0.29, 0.717) is 12.5 Å². The van der Waals surface area contributed by atoms with E-state index in [1.807, 2.05) is 0 Å². The minimum absolute atomic E-state index is 0.118. The lowest BCUT2D eigenvalue weighted by Gasteiger charge is -2.07. The lowest BCUT2D eigenvalue weighted by molar-refractivity contribution is -0.140. The van der Waals surface area contributed by atoms with Crippen molar-refractivity contribution in [3.05, 3.63) is 0 Å². The van der Waals surface area contributed by atoms with Gasteiger partial charge in [0.2, 0.25) is 0 Å². The molecular formula is C9H16O3. The van der Waals surface area contributed by atoms with Crippen molar-refractivity contribution >= 4 is 5.97 Å². The van der Waals surface area contributed by atoms with Crippen LogP contribution in [0.2, 0.25) is 0 Å². The van der Waals surface area contributed by atoms with Gasteiger partial charge in [0.1, 0.15) is 0 Å². The SMILES string of the molecule is COC(=O)CCCC1CCCO1. The van der Waals surface area contributed by atoms with Gasteiger partial charge in [-0.15, -0.1) is 0 Å². The quantitative estimate of drug-likeness (QED) is 0.603. The van der Waals surface area contributed by atoms with Crippen LogP contribution in [0, 0.1) is 0 Å². The average molecular weight is 172 g/mol. The predicted octanol–water partition coefficient (Wildman–Crippen LogP) is 1.51. The van der Waals surface area contributed by atoms with E-state index >= 15 is 0 Å². The number of hydrogen-bond acceptors (Lipinski definition) is 3. The van der Waals surface area contributed by atoms with Crippen molar-refractivity contribution in [3.8, 4) is 0 Å². The van der Waals surface area contributed by atoms with Crippen LogP contribution in [0.15, 0.2) is 0 Å². The normalized spacial score (nSPS) is 22.6. The topological polar surface area (TPSA) is 35.5 Å². The molecule has 0 aromatic heterocycles. The van der Waals surface area contributed by atoms with E-state index in [9.17, 15) is 4.79 Å². The summed E-state index contributed by atoms with van der Waals surface area (Å²) in [6, 6.07) is 0. The van der Waals surface area contributed by atoms with Crippen LogP contribution >= 0.6 is 0 Å². The van der Waals surface area contributed by atoms with Gasteiger partial charge in [0.15, 0.2) is 0 Å². The highest BCUT2D eigenvalue weighted by Gasteiger charge is 2.15. The summed E-state index contributed by atoms with van der Waals surface area (Å²) in [5.74, 6) is -0.118. The van der Waals surface area contributed by atoms with Gasteiger partial charge in [-0.25, -0.2) is 0 Å². The summed E-state index contributed by atoms with van der Waals surface area (Å²) in [6.45, 7) is 0.892. The van der Waals surface area contributed by atoms with Crippen molar-refractivity contribution < 1.29 is 14.3 Å². The molecule has 1 rings (SSSR count). The molecule has 70 valence electrons. The summed E-state index contributed by atoms with van der Waals surface area (Å²) >= 11 is 0. The first-order valence-electron chi connectivity index (χ1n) is 4.51. The molecule has 0 aromatic rings. The lowest BCUT2D eigenvalue weighted by Crippen LogP contribution is -2.06. The third-order valence-corrected chi connectivity index (χ3v) is 2.16. The largest absolute Gasteiger partial charge is 0.469 e. The van der Waals surface area contributed by atoms with Gasteiger partial charge in [0, 0.05) is 13.0 Å². The summed E-state index contributed by atoms with van der Waals surface area (Å²) in [5.41, 5.74) is 0. The van der Waals surface area contributed by atoms with E-state index in [4.69, 9.17) is 4.74 Å². The first kappa shape index (κ1) is 9.52. The third-order valence-electron chi connectivity index (χ3n) is 2.16. The van der Waals surface area contributed by atoms with E-state index in [-0.39, 0.29) is 5.97 Å². The van der Waals surface area contributed by atoms with Crippen LogP contribution in [0.5, 0.6) is 0 Å². The highest BCUT2D eigenvalue weighted by Crippen LogP contribution is 2.17. The summed E-state index contributed by atoms with van der Waals surface area (Å²) in [6.07, 6.45) is 5.13. The Morgan fingerprint density at radius 1 is 1.67 bits per heavy atom. The van der Waals surface area contributed by atoms with Gasteiger partial charge in [0.05, 0.1) is 13.2 Å². The van der Waals surface area contributed by atoms with Crippen molar-refractivity contribution in [1.82, 2.24) is 0 Å². The molecule has 1 aliphatic rings. The van der Waals surface area contributed by atoms with Crippen LogP contribution < -0.4 is 0 Å². The molecule has 1 saturated heterocycles. The van der Waals surface area contributed by atoms with Crippen LogP contribution in [-0.4, -0.2) is 25.8 Å². The predicted molar refractivity (Wildman–Crippen MR) is 44.8 cm³/mol. The number of methoxy groups -OCH3 is 1. The molecule has 0 aromatic carbocycles.